The molecule has 9 nitrogen and oxygen atoms in total. The number of sulfonamides is 1. The summed E-state index contributed by atoms with van der Waals surface area (Å²) in [5.41, 5.74) is 4.92. The highest BCUT2D eigenvalue weighted by molar-refractivity contribution is 7.88. The molecule has 0 bridgehead atoms. The highest BCUT2D eigenvalue weighted by Crippen LogP contribution is 2.30. The van der Waals surface area contributed by atoms with Crippen molar-refractivity contribution in [2.24, 2.45) is 5.73 Å². The van der Waals surface area contributed by atoms with Crippen LogP contribution in [-0.2, 0) is 10.0 Å². The second-order valence-electron chi connectivity index (χ2n) is 4.95. The first-order chi connectivity index (χ1) is 10.2. The Kier molecular flexibility index (Phi) is 4.33. The van der Waals surface area contributed by atoms with Gasteiger partial charge in [0.2, 0.25) is 15.9 Å². The number of hydrogen-bond donors (Lipinski definition) is 1. The Balaban J connectivity index is 2.23. The number of carbonyl (C=O) groups is 1. The van der Waals surface area contributed by atoms with Crippen LogP contribution in [0.15, 0.2) is 18.2 Å². The Hall–Kier alpha value is -2.20. The number of nitro benzene ring substituents is 1. The van der Waals surface area contributed by atoms with Crippen molar-refractivity contribution >= 4 is 21.6 Å². The quantitative estimate of drug-likeness (QED) is 0.602. The number of benzene rings is 1. The van der Waals surface area contributed by atoms with Crippen LogP contribution in [0.4, 0.5) is 5.69 Å². The van der Waals surface area contributed by atoms with Gasteiger partial charge in [-0.2, -0.15) is 4.31 Å². The molecule has 10 heteroatoms. The van der Waals surface area contributed by atoms with Crippen LogP contribution in [0, 0.1) is 10.1 Å². The van der Waals surface area contributed by atoms with Gasteiger partial charge < -0.3 is 10.5 Å². The smallest absolute Gasteiger partial charge is 0.310 e. The van der Waals surface area contributed by atoms with Gasteiger partial charge in [-0.3, -0.25) is 14.9 Å². The molecule has 1 aliphatic rings. The predicted molar refractivity (Wildman–Crippen MR) is 77.1 cm³/mol. The Morgan fingerprint density at radius 3 is 2.68 bits per heavy atom. The van der Waals surface area contributed by atoms with E-state index in [4.69, 9.17) is 10.5 Å². The van der Waals surface area contributed by atoms with E-state index in [1.54, 1.807) is 0 Å². The summed E-state index contributed by atoms with van der Waals surface area (Å²) in [6.45, 7) is 0.392. The largest absolute Gasteiger partial charge is 0.482 e. The topological polar surface area (TPSA) is 133 Å². The molecule has 1 saturated heterocycles. The zero-order chi connectivity index (χ0) is 16.5. The molecule has 1 heterocycles. The van der Waals surface area contributed by atoms with Gasteiger partial charge in [0.1, 0.15) is 6.10 Å². The highest BCUT2D eigenvalue weighted by atomic mass is 32.2. The van der Waals surface area contributed by atoms with Gasteiger partial charge in [0, 0.05) is 24.2 Å². The molecule has 0 saturated carbocycles. The number of carbonyl (C=O) groups excluding carboxylic acids is 1. The summed E-state index contributed by atoms with van der Waals surface area (Å²) in [5.74, 6) is -0.828. The van der Waals surface area contributed by atoms with Crippen molar-refractivity contribution in [2.45, 2.75) is 12.5 Å². The van der Waals surface area contributed by atoms with E-state index in [0.717, 1.165) is 12.3 Å². The van der Waals surface area contributed by atoms with Gasteiger partial charge >= 0.3 is 5.69 Å². The van der Waals surface area contributed by atoms with Crippen LogP contribution in [-0.4, -0.2) is 49.0 Å². The summed E-state index contributed by atoms with van der Waals surface area (Å²) in [7, 11) is -3.33. The van der Waals surface area contributed by atoms with Crippen molar-refractivity contribution in [1.82, 2.24) is 4.31 Å². The van der Waals surface area contributed by atoms with E-state index in [9.17, 15) is 23.3 Å². The SMILES string of the molecule is CS(=O)(=O)N1CCC(Oc2cc(C(N)=O)ccc2[N+](=O)[O-])C1. The minimum absolute atomic E-state index is 0.0820. The first-order valence-corrected chi connectivity index (χ1v) is 8.23. The van der Waals surface area contributed by atoms with E-state index in [2.05, 4.69) is 0 Å². The Bertz CT molecular complexity index is 718. The molecule has 2 rings (SSSR count). The monoisotopic (exact) mass is 329 g/mol. The minimum Gasteiger partial charge on any atom is -0.482 e. The second kappa shape index (κ2) is 5.89. The van der Waals surface area contributed by atoms with E-state index in [-0.39, 0.29) is 30.1 Å². The van der Waals surface area contributed by atoms with Crippen molar-refractivity contribution in [2.75, 3.05) is 19.3 Å². The third-order valence-electron chi connectivity index (χ3n) is 3.31. The Morgan fingerprint density at radius 1 is 1.50 bits per heavy atom. The Labute approximate surface area is 126 Å². The van der Waals surface area contributed by atoms with Gasteiger partial charge in [-0.1, -0.05) is 0 Å². The number of primary amides is 1. The molecule has 22 heavy (non-hydrogen) atoms. The van der Waals surface area contributed by atoms with Crippen LogP contribution in [0.1, 0.15) is 16.8 Å². The van der Waals surface area contributed by atoms with Gasteiger partial charge in [0.05, 0.1) is 17.7 Å². The number of nitrogens with two attached hydrogens (primary N) is 1. The maximum atomic E-state index is 11.5. The predicted octanol–water partition coefficient (Wildman–Crippen LogP) is 0.106. The molecule has 1 fully saturated rings. The zero-order valence-corrected chi connectivity index (χ0v) is 12.6. The summed E-state index contributed by atoms with van der Waals surface area (Å²) >= 11 is 0. The molecule has 0 aromatic heterocycles. The van der Waals surface area contributed by atoms with Crippen molar-refractivity contribution in [1.29, 1.82) is 0 Å². The molecule has 1 aromatic carbocycles. The molecule has 2 N–H and O–H groups in total. The lowest BCUT2D eigenvalue weighted by Crippen LogP contribution is -2.30. The van der Waals surface area contributed by atoms with Crippen molar-refractivity contribution in [3.05, 3.63) is 33.9 Å². The molecule has 120 valence electrons. The molecule has 1 aromatic rings. The lowest BCUT2D eigenvalue weighted by atomic mass is 10.2. The molecular weight excluding hydrogens is 314 g/mol. The van der Waals surface area contributed by atoms with Crippen molar-refractivity contribution in [3.8, 4) is 5.75 Å². The van der Waals surface area contributed by atoms with E-state index in [1.165, 1.54) is 16.4 Å². The maximum absolute atomic E-state index is 11.5. The summed E-state index contributed by atoms with van der Waals surface area (Å²) in [4.78, 5) is 21.5. The highest BCUT2D eigenvalue weighted by Gasteiger charge is 2.31. The molecule has 1 aliphatic heterocycles. The number of amides is 1. The molecule has 0 radical (unpaired) electrons. The van der Waals surface area contributed by atoms with Crippen LogP contribution in [0.3, 0.4) is 0 Å². The van der Waals surface area contributed by atoms with Gasteiger partial charge in [0.15, 0.2) is 5.75 Å². The molecule has 1 atom stereocenters. The summed E-state index contributed by atoms with van der Waals surface area (Å²) in [6, 6.07) is 3.58. The van der Waals surface area contributed by atoms with Gasteiger partial charge in [-0.25, -0.2) is 8.42 Å². The van der Waals surface area contributed by atoms with Gasteiger partial charge in [-0.05, 0) is 12.5 Å². The minimum atomic E-state index is -3.33. The Morgan fingerprint density at radius 2 is 2.18 bits per heavy atom. The van der Waals surface area contributed by atoms with Gasteiger partial charge in [0.25, 0.3) is 0 Å². The standard InChI is InChI=1S/C12H15N3O6S/c1-22(19,20)14-5-4-9(7-14)21-11-6-8(12(13)16)2-3-10(11)15(17)18/h2-3,6,9H,4-5,7H2,1H3,(H2,13,16). The van der Waals surface area contributed by atoms with E-state index in [0.29, 0.717) is 6.42 Å². The van der Waals surface area contributed by atoms with E-state index >= 15 is 0 Å². The first kappa shape index (κ1) is 16.2. The first-order valence-electron chi connectivity index (χ1n) is 6.38. The molecule has 0 spiro atoms. The van der Waals surface area contributed by atoms with E-state index < -0.39 is 27.0 Å². The van der Waals surface area contributed by atoms with Crippen LogP contribution in [0.5, 0.6) is 5.75 Å². The average Bonchev–Trinajstić information content (AvgIpc) is 2.86. The van der Waals surface area contributed by atoms with Crippen molar-refractivity contribution < 1.29 is 22.9 Å². The van der Waals surface area contributed by atoms with Crippen LogP contribution >= 0.6 is 0 Å². The lowest BCUT2D eigenvalue weighted by molar-refractivity contribution is -0.386. The molecule has 1 unspecified atom stereocenters. The van der Waals surface area contributed by atoms with E-state index in [1.807, 2.05) is 0 Å². The third kappa shape index (κ3) is 3.52. The fraction of sp³-hybridized carbons (Fsp3) is 0.417. The second-order valence-corrected chi connectivity index (χ2v) is 6.94. The molecule has 1 amide bonds. The van der Waals surface area contributed by atoms with Crippen LogP contribution in [0.25, 0.3) is 0 Å². The lowest BCUT2D eigenvalue weighted by Gasteiger charge is -2.15. The number of hydrogen-bond acceptors (Lipinski definition) is 6. The van der Waals surface area contributed by atoms with Crippen molar-refractivity contribution in [3.63, 3.8) is 0 Å². The molecule has 0 aliphatic carbocycles. The normalized spacial score (nSPS) is 19.0. The number of nitro groups is 1. The fourth-order valence-electron chi connectivity index (χ4n) is 2.19. The maximum Gasteiger partial charge on any atom is 0.310 e. The average molecular weight is 329 g/mol. The third-order valence-corrected chi connectivity index (χ3v) is 4.58. The summed E-state index contributed by atoms with van der Waals surface area (Å²) < 4.78 is 29.7. The van der Waals surface area contributed by atoms with Gasteiger partial charge in [-0.15, -0.1) is 0 Å². The number of ether oxygens (including phenoxy) is 1. The zero-order valence-electron chi connectivity index (χ0n) is 11.8. The fourth-order valence-corrected chi connectivity index (χ4v) is 3.06. The number of nitrogens with zero attached hydrogens (tertiary/aromatic N) is 2. The molecular formula is C12H15N3O6S. The van der Waals surface area contributed by atoms with Crippen LogP contribution in [0.2, 0.25) is 0 Å². The summed E-state index contributed by atoms with van der Waals surface area (Å²) in [6.07, 6.45) is 0.980. The number of rotatable bonds is 5. The summed E-state index contributed by atoms with van der Waals surface area (Å²) in [5, 5.41) is 11.0. The van der Waals surface area contributed by atoms with Crippen LogP contribution < -0.4 is 10.5 Å².